The van der Waals surface area contributed by atoms with Crippen LogP contribution in [-0.2, 0) is 14.3 Å². The number of alkyl carbamates (subject to hydrolysis) is 1. The van der Waals surface area contributed by atoms with E-state index >= 15 is 0 Å². The monoisotopic (exact) mass is 302 g/mol. The second-order valence-electron chi connectivity index (χ2n) is 6.53. The van der Waals surface area contributed by atoms with Gasteiger partial charge in [0.25, 0.3) is 0 Å². The van der Waals surface area contributed by atoms with E-state index in [1.165, 1.54) is 0 Å². The predicted molar refractivity (Wildman–Crippen MR) is 76.5 cm³/mol. The Morgan fingerprint density at radius 3 is 2.38 bits per heavy atom. The minimum atomic E-state index is -0.997. The molecule has 0 aromatic carbocycles. The fourth-order valence-electron chi connectivity index (χ4n) is 1.96. The van der Waals surface area contributed by atoms with Crippen molar-refractivity contribution in [3.63, 3.8) is 0 Å². The highest BCUT2D eigenvalue weighted by atomic mass is 16.6. The maximum Gasteiger partial charge on any atom is 0.408 e. The molecule has 1 aliphatic heterocycles. The molecule has 0 aliphatic carbocycles. The van der Waals surface area contributed by atoms with E-state index in [1.807, 2.05) is 13.8 Å². The molecule has 1 saturated heterocycles. The first-order valence-electron chi connectivity index (χ1n) is 7.19. The Morgan fingerprint density at radius 1 is 1.33 bits per heavy atom. The third-order valence-corrected chi connectivity index (χ3v) is 3.01. The van der Waals surface area contributed by atoms with Gasteiger partial charge in [0.15, 0.2) is 6.29 Å². The second kappa shape index (κ2) is 7.09. The summed E-state index contributed by atoms with van der Waals surface area (Å²) in [5, 5.41) is 14.8. The summed E-state index contributed by atoms with van der Waals surface area (Å²) in [5.41, 5.74) is -0.627. The molecule has 1 aliphatic rings. The summed E-state index contributed by atoms with van der Waals surface area (Å²) in [4.78, 5) is 24.0. The van der Waals surface area contributed by atoms with E-state index in [2.05, 4.69) is 10.6 Å². The Balaban J connectivity index is 2.59. The molecule has 7 nitrogen and oxygen atoms in total. The summed E-state index contributed by atoms with van der Waals surface area (Å²) < 4.78 is 10.1. The van der Waals surface area contributed by atoms with Crippen molar-refractivity contribution in [2.75, 3.05) is 6.61 Å². The lowest BCUT2D eigenvalue weighted by Crippen LogP contribution is -2.54. The average molecular weight is 302 g/mol. The first-order chi connectivity index (χ1) is 9.60. The van der Waals surface area contributed by atoms with Crippen LogP contribution in [0.2, 0.25) is 0 Å². The van der Waals surface area contributed by atoms with Gasteiger partial charge in [-0.3, -0.25) is 4.79 Å². The van der Waals surface area contributed by atoms with Crippen molar-refractivity contribution in [2.24, 2.45) is 5.92 Å². The minimum Gasteiger partial charge on any atom is -0.444 e. The first-order valence-corrected chi connectivity index (χ1v) is 7.19. The van der Waals surface area contributed by atoms with Gasteiger partial charge in [-0.15, -0.1) is 0 Å². The Hall–Kier alpha value is -1.34. The maximum atomic E-state index is 12.2. The SMILES string of the molecule is CC(C)[C@H](NC(=O)OC(C)(C)C)C(=O)N[C@H]1CCOC1O. The molecule has 0 saturated carbocycles. The van der Waals surface area contributed by atoms with E-state index in [0.29, 0.717) is 13.0 Å². The summed E-state index contributed by atoms with van der Waals surface area (Å²) in [7, 11) is 0. The molecule has 21 heavy (non-hydrogen) atoms. The van der Waals surface area contributed by atoms with Crippen molar-refractivity contribution in [2.45, 2.75) is 65.0 Å². The zero-order valence-corrected chi connectivity index (χ0v) is 13.3. The molecule has 0 spiro atoms. The summed E-state index contributed by atoms with van der Waals surface area (Å²) in [6.07, 6.45) is -1.09. The van der Waals surface area contributed by atoms with Gasteiger partial charge in [0, 0.05) is 0 Å². The van der Waals surface area contributed by atoms with Gasteiger partial charge < -0.3 is 25.2 Å². The third kappa shape index (κ3) is 5.89. The molecule has 3 atom stereocenters. The molecule has 0 bridgehead atoms. The molecule has 0 aromatic rings. The topological polar surface area (TPSA) is 96.9 Å². The number of amides is 2. The molecular formula is C14H26N2O5. The molecule has 0 aromatic heterocycles. The number of carbonyl (C=O) groups is 2. The van der Waals surface area contributed by atoms with Crippen molar-refractivity contribution in [3.05, 3.63) is 0 Å². The van der Waals surface area contributed by atoms with Crippen LogP contribution in [0.4, 0.5) is 4.79 Å². The fraction of sp³-hybridized carbons (Fsp3) is 0.857. The Kier molecular flexibility index (Phi) is 5.98. The molecule has 1 rings (SSSR count). The van der Waals surface area contributed by atoms with Crippen molar-refractivity contribution >= 4 is 12.0 Å². The predicted octanol–water partition coefficient (Wildman–Crippen LogP) is 0.759. The lowest BCUT2D eigenvalue weighted by Gasteiger charge is -2.26. The van der Waals surface area contributed by atoms with Crippen molar-refractivity contribution in [3.8, 4) is 0 Å². The van der Waals surface area contributed by atoms with Crippen LogP contribution in [0.25, 0.3) is 0 Å². The Morgan fingerprint density at radius 2 is 1.95 bits per heavy atom. The van der Waals surface area contributed by atoms with Crippen LogP contribution < -0.4 is 10.6 Å². The van der Waals surface area contributed by atoms with Crippen molar-refractivity contribution in [1.29, 1.82) is 0 Å². The van der Waals surface area contributed by atoms with E-state index in [4.69, 9.17) is 9.47 Å². The van der Waals surface area contributed by atoms with Gasteiger partial charge in [0.05, 0.1) is 12.6 Å². The van der Waals surface area contributed by atoms with E-state index < -0.39 is 30.1 Å². The fourth-order valence-corrected chi connectivity index (χ4v) is 1.96. The van der Waals surface area contributed by atoms with Crippen LogP contribution in [-0.4, -0.2) is 47.7 Å². The molecule has 1 unspecified atom stereocenters. The quantitative estimate of drug-likeness (QED) is 0.712. The van der Waals surface area contributed by atoms with Crippen LogP contribution in [0.15, 0.2) is 0 Å². The Labute approximate surface area is 125 Å². The third-order valence-electron chi connectivity index (χ3n) is 3.01. The van der Waals surface area contributed by atoms with Crippen LogP contribution in [0.5, 0.6) is 0 Å². The normalized spacial score (nSPS) is 23.8. The summed E-state index contributed by atoms with van der Waals surface area (Å²) >= 11 is 0. The summed E-state index contributed by atoms with van der Waals surface area (Å²) in [6.45, 7) is 9.31. The first kappa shape index (κ1) is 17.7. The maximum absolute atomic E-state index is 12.2. The number of aliphatic hydroxyl groups excluding tert-OH is 1. The van der Waals surface area contributed by atoms with Gasteiger partial charge in [-0.1, -0.05) is 13.8 Å². The van der Waals surface area contributed by atoms with E-state index in [9.17, 15) is 14.7 Å². The molecule has 3 N–H and O–H groups in total. The van der Waals surface area contributed by atoms with Crippen molar-refractivity contribution in [1.82, 2.24) is 10.6 Å². The molecule has 7 heteroatoms. The molecule has 0 radical (unpaired) electrons. The standard InChI is InChI=1S/C14H26N2O5/c1-8(2)10(16-13(19)21-14(3,4)5)11(17)15-9-6-7-20-12(9)18/h8-10,12,18H,6-7H2,1-5H3,(H,15,17)(H,16,19)/t9-,10-,12?/m0/s1. The number of rotatable bonds is 4. The summed E-state index contributed by atoms with van der Waals surface area (Å²) in [5.74, 6) is -0.470. The van der Waals surface area contributed by atoms with E-state index in [0.717, 1.165) is 0 Å². The van der Waals surface area contributed by atoms with Gasteiger partial charge in [-0.25, -0.2) is 4.79 Å². The lowest BCUT2D eigenvalue weighted by molar-refractivity contribution is -0.128. The van der Waals surface area contributed by atoms with Gasteiger partial charge >= 0.3 is 6.09 Å². The number of carbonyl (C=O) groups excluding carboxylic acids is 2. The van der Waals surface area contributed by atoms with Crippen LogP contribution >= 0.6 is 0 Å². The summed E-state index contributed by atoms with van der Waals surface area (Å²) in [6, 6.07) is -1.17. The highest BCUT2D eigenvalue weighted by Crippen LogP contribution is 2.13. The lowest BCUT2D eigenvalue weighted by atomic mass is 10.0. The van der Waals surface area contributed by atoms with Gasteiger partial charge in [-0.05, 0) is 33.1 Å². The van der Waals surface area contributed by atoms with Crippen LogP contribution in [0.1, 0.15) is 41.0 Å². The smallest absolute Gasteiger partial charge is 0.408 e. The average Bonchev–Trinajstić information content (AvgIpc) is 2.69. The van der Waals surface area contributed by atoms with Crippen LogP contribution in [0.3, 0.4) is 0 Å². The highest BCUT2D eigenvalue weighted by Gasteiger charge is 2.32. The largest absolute Gasteiger partial charge is 0.444 e. The Bertz CT molecular complexity index is 378. The number of hydrogen-bond acceptors (Lipinski definition) is 5. The molecular weight excluding hydrogens is 276 g/mol. The number of hydrogen-bond donors (Lipinski definition) is 3. The molecule has 1 fully saturated rings. The van der Waals surface area contributed by atoms with E-state index in [1.54, 1.807) is 20.8 Å². The highest BCUT2D eigenvalue weighted by molar-refractivity contribution is 5.86. The number of nitrogens with one attached hydrogen (secondary N) is 2. The zero-order chi connectivity index (χ0) is 16.2. The van der Waals surface area contributed by atoms with E-state index in [-0.39, 0.29) is 11.8 Å². The van der Waals surface area contributed by atoms with Crippen LogP contribution in [0, 0.1) is 5.92 Å². The van der Waals surface area contributed by atoms with Gasteiger partial charge in [0.1, 0.15) is 11.6 Å². The molecule has 1 heterocycles. The zero-order valence-electron chi connectivity index (χ0n) is 13.3. The molecule has 122 valence electrons. The van der Waals surface area contributed by atoms with Crippen molar-refractivity contribution < 1.29 is 24.2 Å². The minimum absolute atomic E-state index is 0.114. The molecule has 2 amide bonds. The number of ether oxygens (including phenoxy) is 2. The second-order valence-corrected chi connectivity index (χ2v) is 6.53. The van der Waals surface area contributed by atoms with Gasteiger partial charge in [-0.2, -0.15) is 0 Å². The number of aliphatic hydroxyl groups is 1. The van der Waals surface area contributed by atoms with Gasteiger partial charge in [0.2, 0.25) is 5.91 Å².